The van der Waals surface area contributed by atoms with Gasteiger partial charge in [-0.15, -0.1) is 0 Å². The second kappa shape index (κ2) is 5.02. The van der Waals surface area contributed by atoms with Gasteiger partial charge in [0.05, 0.1) is 11.5 Å². The monoisotopic (exact) mass is 246 g/mol. The van der Waals surface area contributed by atoms with E-state index in [9.17, 15) is 8.42 Å². The highest BCUT2D eigenvalue weighted by Gasteiger charge is 2.25. The molecule has 5 heteroatoms. The molecular formula is C11H22N2O2S. The predicted octanol–water partition coefficient (Wildman–Crippen LogP) is 0.234. The van der Waals surface area contributed by atoms with Crippen molar-refractivity contribution in [1.29, 1.82) is 0 Å². The van der Waals surface area contributed by atoms with Gasteiger partial charge in [0, 0.05) is 25.7 Å². The molecule has 16 heavy (non-hydrogen) atoms. The molecule has 2 N–H and O–H groups in total. The molecule has 1 saturated heterocycles. The lowest BCUT2D eigenvalue weighted by Gasteiger charge is -2.33. The van der Waals surface area contributed by atoms with E-state index in [0.717, 1.165) is 38.4 Å². The van der Waals surface area contributed by atoms with Crippen molar-refractivity contribution in [2.45, 2.75) is 31.7 Å². The molecule has 1 saturated carbocycles. The molecule has 1 heterocycles. The average molecular weight is 246 g/mol. The Labute approximate surface area is 98.1 Å². The summed E-state index contributed by atoms with van der Waals surface area (Å²) in [6.07, 6.45) is 4.70. The molecule has 1 aliphatic carbocycles. The van der Waals surface area contributed by atoms with Crippen molar-refractivity contribution in [2.75, 3.05) is 31.1 Å². The zero-order valence-electron chi connectivity index (χ0n) is 9.77. The van der Waals surface area contributed by atoms with Crippen LogP contribution in [0.5, 0.6) is 0 Å². The van der Waals surface area contributed by atoms with Crippen LogP contribution >= 0.6 is 0 Å². The Morgan fingerprint density at radius 3 is 2.19 bits per heavy atom. The zero-order valence-corrected chi connectivity index (χ0v) is 10.6. The summed E-state index contributed by atoms with van der Waals surface area (Å²) < 4.78 is 22.6. The topological polar surface area (TPSA) is 63.4 Å². The minimum Gasteiger partial charge on any atom is -0.328 e. The number of hydrogen-bond donors (Lipinski definition) is 1. The Morgan fingerprint density at radius 1 is 1.06 bits per heavy atom. The standard InChI is InChI=1S/C11H22N2O2S/c12-11-3-1-10(2-4-11)9-13-5-7-16(14,15)8-6-13/h10-11H,1-9,12H2. The lowest BCUT2D eigenvalue weighted by atomic mass is 9.86. The number of sulfone groups is 1. The molecule has 0 atom stereocenters. The SMILES string of the molecule is NC1CCC(CN2CCS(=O)(=O)CC2)CC1. The highest BCUT2D eigenvalue weighted by atomic mass is 32.2. The van der Waals surface area contributed by atoms with E-state index in [4.69, 9.17) is 5.73 Å². The van der Waals surface area contributed by atoms with Crippen LogP contribution in [0.4, 0.5) is 0 Å². The van der Waals surface area contributed by atoms with E-state index in [1.165, 1.54) is 12.8 Å². The molecule has 0 aromatic heterocycles. The molecule has 2 rings (SSSR count). The number of rotatable bonds is 2. The lowest BCUT2D eigenvalue weighted by Crippen LogP contribution is -2.43. The Kier molecular flexibility index (Phi) is 3.87. The van der Waals surface area contributed by atoms with E-state index in [1.807, 2.05) is 0 Å². The second-order valence-corrected chi connectivity index (χ2v) is 7.54. The van der Waals surface area contributed by atoms with Crippen LogP contribution in [0.1, 0.15) is 25.7 Å². The summed E-state index contributed by atoms with van der Waals surface area (Å²) in [4.78, 5) is 2.31. The summed E-state index contributed by atoms with van der Waals surface area (Å²) in [6.45, 7) is 2.53. The van der Waals surface area contributed by atoms with Crippen molar-refractivity contribution in [1.82, 2.24) is 4.90 Å². The van der Waals surface area contributed by atoms with E-state index >= 15 is 0 Å². The molecular weight excluding hydrogens is 224 g/mol. The Morgan fingerprint density at radius 2 is 1.62 bits per heavy atom. The van der Waals surface area contributed by atoms with Crippen molar-refractivity contribution in [3.8, 4) is 0 Å². The molecule has 2 fully saturated rings. The second-order valence-electron chi connectivity index (χ2n) is 5.23. The molecule has 0 radical (unpaired) electrons. The van der Waals surface area contributed by atoms with E-state index in [-0.39, 0.29) is 0 Å². The fourth-order valence-corrected chi connectivity index (χ4v) is 3.95. The highest BCUT2D eigenvalue weighted by molar-refractivity contribution is 7.91. The van der Waals surface area contributed by atoms with Gasteiger partial charge in [-0.2, -0.15) is 0 Å². The first-order valence-electron chi connectivity index (χ1n) is 6.23. The summed E-state index contributed by atoms with van der Waals surface area (Å²) >= 11 is 0. The summed E-state index contributed by atoms with van der Waals surface area (Å²) in [5.74, 6) is 1.43. The maximum Gasteiger partial charge on any atom is 0.152 e. The number of hydrogen-bond acceptors (Lipinski definition) is 4. The summed E-state index contributed by atoms with van der Waals surface area (Å²) in [5, 5.41) is 0. The quantitative estimate of drug-likeness (QED) is 0.758. The highest BCUT2D eigenvalue weighted by Crippen LogP contribution is 2.24. The van der Waals surface area contributed by atoms with Gasteiger partial charge >= 0.3 is 0 Å². The maximum absolute atomic E-state index is 11.3. The van der Waals surface area contributed by atoms with E-state index in [0.29, 0.717) is 17.5 Å². The van der Waals surface area contributed by atoms with Gasteiger partial charge in [0.25, 0.3) is 0 Å². The van der Waals surface area contributed by atoms with E-state index in [1.54, 1.807) is 0 Å². The fraction of sp³-hybridized carbons (Fsp3) is 1.00. The van der Waals surface area contributed by atoms with Crippen LogP contribution in [-0.4, -0.2) is 50.5 Å². The third-order valence-corrected chi connectivity index (χ3v) is 5.45. The van der Waals surface area contributed by atoms with Crippen molar-refractivity contribution < 1.29 is 8.42 Å². The smallest absolute Gasteiger partial charge is 0.152 e. The molecule has 94 valence electrons. The summed E-state index contributed by atoms with van der Waals surface area (Å²) in [6, 6.07) is 0.401. The summed E-state index contributed by atoms with van der Waals surface area (Å²) in [5.41, 5.74) is 5.87. The average Bonchev–Trinajstić information content (AvgIpc) is 2.24. The van der Waals surface area contributed by atoms with Gasteiger partial charge in [0.2, 0.25) is 0 Å². The third-order valence-electron chi connectivity index (χ3n) is 3.84. The van der Waals surface area contributed by atoms with E-state index < -0.39 is 9.84 Å². The van der Waals surface area contributed by atoms with Crippen LogP contribution in [0.25, 0.3) is 0 Å². The Balaban J connectivity index is 1.75. The number of nitrogens with two attached hydrogens (primary N) is 1. The van der Waals surface area contributed by atoms with Gasteiger partial charge in [0.1, 0.15) is 0 Å². The van der Waals surface area contributed by atoms with Gasteiger partial charge in [-0.3, -0.25) is 0 Å². The van der Waals surface area contributed by atoms with Crippen LogP contribution in [0.15, 0.2) is 0 Å². The first-order chi connectivity index (χ1) is 7.55. The minimum atomic E-state index is -2.73. The molecule has 0 bridgehead atoms. The largest absolute Gasteiger partial charge is 0.328 e. The summed E-state index contributed by atoms with van der Waals surface area (Å²) in [7, 11) is -2.73. The molecule has 4 nitrogen and oxygen atoms in total. The van der Waals surface area contributed by atoms with Gasteiger partial charge in [0.15, 0.2) is 9.84 Å². The normalized spacial score (nSPS) is 36.1. The fourth-order valence-electron chi connectivity index (χ4n) is 2.67. The van der Waals surface area contributed by atoms with Crippen LogP contribution in [0.2, 0.25) is 0 Å². The molecule has 0 amide bonds. The van der Waals surface area contributed by atoms with Crippen LogP contribution < -0.4 is 5.73 Å². The van der Waals surface area contributed by atoms with Crippen LogP contribution in [-0.2, 0) is 9.84 Å². The number of nitrogens with zero attached hydrogens (tertiary/aromatic N) is 1. The zero-order chi connectivity index (χ0) is 11.6. The van der Waals surface area contributed by atoms with Crippen molar-refractivity contribution in [3.05, 3.63) is 0 Å². The molecule has 2 aliphatic rings. The molecule has 0 unspecified atom stereocenters. The van der Waals surface area contributed by atoms with Crippen LogP contribution in [0.3, 0.4) is 0 Å². The maximum atomic E-state index is 11.3. The van der Waals surface area contributed by atoms with Gasteiger partial charge in [-0.1, -0.05) is 0 Å². The lowest BCUT2D eigenvalue weighted by molar-refractivity contribution is 0.205. The third kappa shape index (κ3) is 3.43. The molecule has 0 aromatic carbocycles. The molecule has 0 spiro atoms. The Bertz CT molecular complexity index is 307. The van der Waals surface area contributed by atoms with Crippen molar-refractivity contribution in [3.63, 3.8) is 0 Å². The predicted molar refractivity (Wildman–Crippen MR) is 65.0 cm³/mol. The van der Waals surface area contributed by atoms with E-state index in [2.05, 4.69) is 4.90 Å². The van der Waals surface area contributed by atoms with Gasteiger partial charge < -0.3 is 10.6 Å². The molecule has 1 aliphatic heterocycles. The molecule has 0 aromatic rings. The van der Waals surface area contributed by atoms with Crippen molar-refractivity contribution >= 4 is 9.84 Å². The first kappa shape index (κ1) is 12.3. The van der Waals surface area contributed by atoms with Gasteiger partial charge in [-0.25, -0.2) is 8.42 Å². The minimum absolute atomic E-state index is 0.346. The Hall–Kier alpha value is -0.130. The first-order valence-corrected chi connectivity index (χ1v) is 8.06. The van der Waals surface area contributed by atoms with Crippen LogP contribution in [0, 0.1) is 5.92 Å². The van der Waals surface area contributed by atoms with Crippen molar-refractivity contribution in [2.24, 2.45) is 11.7 Å². The van der Waals surface area contributed by atoms with Gasteiger partial charge in [-0.05, 0) is 31.6 Å².